The molecule has 0 aliphatic rings. The number of hydrogen-bond donors (Lipinski definition) is 1. The highest BCUT2D eigenvalue weighted by atomic mass is 35.5. The summed E-state index contributed by atoms with van der Waals surface area (Å²) in [6, 6.07) is -3.12. The van der Waals surface area contributed by atoms with E-state index in [1.54, 1.807) is 0 Å². The Bertz CT molecular complexity index is 494. The third-order valence-corrected chi connectivity index (χ3v) is 2.43. The normalized spacial score (nSPS) is 14.6. The van der Waals surface area contributed by atoms with Crippen LogP contribution in [0.4, 0.5) is 39.5 Å². The van der Waals surface area contributed by atoms with E-state index in [0.29, 0.717) is 0 Å². The first-order valence-electron chi connectivity index (χ1n) is 4.85. The number of alkyl halides is 8. The largest absolute Gasteiger partial charge is 0.455 e. The molecule has 1 aromatic rings. The first-order valence-corrected chi connectivity index (χ1v) is 4.85. The Labute approximate surface area is 118 Å². The van der Waals surface area contributed by atoms with E-state index in [2.05, 4.69) is 5.73 Å². The predicted molar refractivity (Wildman–Crippen MR) is 56.6 cm³/mol. The molecule has 0 aromatic heterocycles. The predicted octanol–water partition coefficient (Wildman–Crippen LogP) is 4.46. The second kappa shape index (κ2) is 5.91. The molecule has 1 rings (SSSR count). The molecule has 0 unspecified atom stereocenters. The van der Waals surface area contributed by atoms with Crippen LogP contribution in [0, 0.1) is 5.82 Å². The third kappa shape index (κ3) is 3.94. The van der Waals surface area contributed by atoms with E-state index in [-0.39, 0.29) is 30.6 Å². The standard InChI is InChI=1S/C10H6F9N.ClH/c11-6-2-1-4(9(14,15)16)3-5(6)7(20)8(12,13)10(17,18)19;/h1-3,7H,20H2;1H/t7-;/m1./s1. The lowest BCUT2D eigenvalue weighted by molar-refractivity contribution is -0.291. The SMILES string of the molecule is Cl.N[C@H](c1cc(C(F)(F)F)ccc1F)C(F)(F)C(F)(F)F. The lowest BCUT2D eigenvalue weighted by Gasteiger charge is -2.26. The summed E-state index contributed by atoms with van der Waals surface area (Å²) in [4.78, 5) is 0. The van der Waals surface area contributed by atoms with Crippen molar-refractivity contribution in [2.24, 2.45) is 5.73 Å². The van der Waals surface area contributed by atoms with E-state index >= 15 is 0 Å². The van der Waals surface area contributed by atoms with Gasteiger partial charge in [-0.1, -0.05) is 0 Å². The van der Waals surface area contributed by atoms with Crippen molar-refractivity contribution in [2.75, 3.05) is 0 Å². The molecule has 0 bridgehead atoms. The Balaban J connectivity index is 0.00000400. The van der Waals surface area contributed by atoms with Crippen molar-refractivity contribution < 1.29 is 39.5 Å². The number of benzene rings is 1. The zero-order chi connectivity index (χ0) is 15.9. The summed E-state index contributed by atoms with van der Waals surface area (Å²) < 4.78 is 112. The van der Waals surface area contributed by atoms with Crippen LogP contribution in [0.3, 0.4) is 0 Å². The molecular weight excluding hydrogens is 341 g/mol. The van der Waals surface area contributed by atoms with Crippen LogP contribution < -0.4 is 5.73 Å². The van der Waals surface area contributed by atoms with Crippen LogP contribution in [0.1, 0.15) is 17.2 Å². The lowest BCUT2D eigenvalue weighted by Crippen LogP contribution is -2.46. The number of hydrogen-bond acceptors (Lipinski definition) is 1. The number of halogens is 10. The van der Waals surface area contributed by atoms with E-state index in [4.69, 9.17) is 0 Å². The Morgan fingerprint density at radius 2 is 1.38 bits per heavy atom. The molecule has 11 heteroatoms. The van der Waals surface area contributed by atoms with E-state index in [1.165, 1.54) is 0 Å². The maximum atomic E-state index is 13.2. The van der Waals surface area contributed by atoms with Gasteiger partial charge in [0.05, 0.1) is 5.56 Å². The van der Waals surface area contributed by atoms with E-state index < -0.39 is 41.3 Å². The summed E-state index contributed by atoms with van der Waals surface area (Å²) in [5, 5.41) is 0. The first kappa shape index (κ1) is 19.8. The van der Waals surface area contributed by atoms with Gasteiger partial charge in [-0.25, -0.2) is 4.39 Å². The van der Waals surface area contributed by atoms with Crippen LogP contribution in [-0.2, 0) is 6.18 Å². The smallest absolute Gasteiger partial charge is 0.319 e. The van der Waals surface area contributed by atoms with Gasteiger partial charge >= 0.3 is 18.3 Å². The Morgan fingerprint density at radius 1 is 0.905 bits per heavy atom. The first-order chi connectivity index (χ1) is 8.78. The molecular formula is C10H7ClF9N. The molecule has 122 valence electrons. The monoisotopic (exact) mass is 347 g/mol. The summed E-state index contributed by atoms with van der Waals surface area (Å²) in [6.07, 6.45) is -11.2. The van der Waals surface area contributed by atoms with Crippen molar-refractivity contribution >= 4 is 12.4 Å². The summed E-state index contributed by atoms with van der Waals surface area (Å²) in [5.41, 5.74) is 1.45. The highest BCUT2D eigenvalue weighted by Gasteiger charge is 2.62. The van der Waals surface area contributed by atoms with Gasteiger partial charge in [-0.3, -0.25) is 0 Å². The van der Waals surface area contributed by atoms with Gasteiger partial charge in [-0.2, -0.15) is 35.1 Å². The Morgan fingerprint density at radius 3 is 1.76 bits per heavy atom. The Hall–Kier alpha value is -1.16. The molecule has 0 saturated heterocycles. The van der Waals surface area contributed by atoms with Crippen molar-refractivity contribution in [1.82, 2.24) is 0 Å². The second-order valence-electron chi connectivity index (χ2n) is 3.83. The molecule has 1 nitrogen and oxygen atoms in total. The molecule has 21 heavy (non-hydrogen) atoms. The van der Waals surface area contributed by atoms with Gasteiger partial charge < -0.3 is 5.73 Å². The second-order valence-corrected chi connectivity index (χ2v) is 3.83. The molecule has 0 heterocycles. The van der Waals surface area contributed by atoms with Gasteiger partial charge in [0.1, 0.15) is 11.9 Å². The zero-order valence-electron chi connectivity index (χ0n) is 9.70. The molecule has 0 aliphatic heterocycles. The van der Waals surface area contributed by atoms with Crippen LogP contribution in [-0.4, -0.2) is 12.1 Å². The summed E-state index contributed by atoms with van der Waals surface area (Å²) in [7, 11) is 0. The fourth-order valence-electron chi connectivity index (χ4n) is 1.33. The fourth-order valence-corrected chi connectivity index (χ4v) is 1.33. The van der Waals surface area contributed by atoms with Crippen molar-refractivity contribution in [3.63, 3.8) is 0 Å². The van der Waals surface area contributed by atoms with Crippen molar-refractivity contribution in [3.05, 3.63) is 35.1 Å². The minimum atomic E-state index is -6.12. The van der Waals surface area contributed by atoms with Gasteiger partial charge in [-0.15, -0.1) is 12.4 Å². The molecule has 1 atom stereocenters. The van der Waals surface area contributed by atoms with Crippen LogP contribution in [0.2, 0.25) is 0 Å². The van der Waals surface area contributed by atoms with Crippen molar-refractivity contribution in [1.29, 1.82) is 0 Å². The maximum Gasteiger partial charge on any atom is 0.455 e. The van der Waals surface area contributed by atoms with Gasteiger partial charge in [0, 0.05) is 5.56 Å². The van der Waals surface area contributed by atoms with E-state index in [1.807, 2.05) is 0 Å². The average Bonchev–Trinajstić information content (AvgIpc) is 2.25. The van der Waals surface area contributed by atoms with Crippen molar-refractivity contribution in [2.45, 2.75) is 24.3 Å². The van der Waals surface area contributed by atoms with E-state index in [0.717, 1.165) is 0 Å². The van der Waals surface area contributed by atoms with Gasteiger partial charge in [-0.05, 0) is 18.2 Å². The van der Waals surface area contributed by atoms with Crippen LogP contribution in [0.15, 0.2) is 18.2 Å². The third-order valence-electron chi connectivity index (χ3n) is 2.43. The summed E-state index contributed by atoms with van der Waals surface area (Å²) in [6.45, 7) is 0. The molecule has 0 fully saturated rings. The van der Waals surface area contributed by atoms with E-state index in [9.17, 15) is 39.5 Å². The molecule has 1 aromatic carbocycles. The molecule has 2 N–H and O–H groups in total. The summed E-state index contributed by atoms with van der Waals surface area (Å²) >= 11 is 0. The van der Waals surface area contributed by atoms with Gasteiger partial charge in [0.2, 0.25) is 0 Å². The van der Waals surface area contributed by atoms with Crippen LogP contribution >= 0.6 is 12.4 Å². The topological polar surface area (TPSA) is 26.0 Å². The van der Waals surface area contributed by atoms with Crippen LogP contribution in [0.25, 0.3) is 0 Å². The molecule has 0 aliphatic carbocycles. The maximum absolute atomic E-state index is 13.2. The number of nitrogens with two attached hydrogens (primary N) is 1. The number of rotatable bonds is 2. The quantitative estimate of drug-likeness (QED) is 0.785. The molecule has 0 amide bonds. The van der Waals surface area contributed by atoms with Crippen LogP contribution in [0.5, 0.6) is 0 Å². The van der Waals surface area contributed by atoms with Crippen molar-refractivity contribution in [3.8, 4) is 0 Å². The zero-order valence-corrected chi connectivity index (χ0v) is 10.5. The minimum absolute atomic E-state index is 0. The molecule has 0 saturated carbocycles. The molecule has 0 radical (unpaired) electrons. The molecule has 0 spiro atoms. The summed E-state index contributed by atoms with van der Waals surface area (Å²) in [5.74, 6) is -7.26. The average molecular weight is 348 g/mol. The lowest BCUT2D eigenvalue weighted by atomic mass is 9.98. The highest BCUT2D eigenvalue weighted by molar-refractivity contribution is 5.85. The van der Waals surface area contributed by atoms with Gasteiger partial charge in [0.25, 0.3) is 0 Å². The Kier molecular flexibility index (Phi) is 5.59. The van der Waals surface area contributed by atoms with Gasteiger partial charge in [0.15, 0.2) is 0 Å². The minimum Gasteiger partial charge on any atom is -0.319 e. The highest BCUT2D eigenvalue weighted by Crippen LogP contribution is 2.44. The fraction of sp³-hybridized carbons (Fsp3) is 0.400.